The summed E-state index contributed by atoms with van der Waals surface area (Å²) in [5, 5.41) is 3.08. The standard InChI is InChI=1S/C26H40N2O4/c1-5-7-11-17-28(18-12-8-6-2)19-21(3)27-26(29)25-16-15-22(32-25)20-31-24-14-10-9-13-23(24)30-4/h9-10,13-16,21H,5-8,11-12,17-20H2,1-4H3,(H,27,29). The zero-order chi connectivity index (χ0) is 23.2. The van der Waals surface area contributed by atoms with Gasteiger partial charge in [-0.15, -0.1) is 0 Å². The fraction of sp³-hybridized carbons (Fsp3) is 0.577. The largest absolute Gasteiger partial charge is 0.493 e. The van der Waals surface area contributed by atoms with Crippen molar-refractivity contribution < 1.29 is 18.7 Å². The maximum Gasteiger partial charge on any atom is 0.287 e. The first-order valence-electron chi connectivity index (χ1n) is 11.9. The summed E-state index contributed by atoms with van der Waals surface area (Å²) < 4.78 is 16.8. The van der Waals surface area contributed by atoms with E-state index < -0.39 is 0 Å². The summed E-state index contributed by atoms with van der Waals surface area (Å²) in [6.45, 7) is 9.76. The number of nitrogens with one attached hydrogen (secondary N) is 1. The van der Waals surface area contributed by atoms with E-state index in [0.29, 0.717) is 23.0 Å². The maximum atomic E-state index is 12.7. The minimum absolute atomic E-state index is 0.0455. The Morgan fingerprint density at radius 2 is 1.66 bits per heavy atom. The van der Waals surface area contributed by atoms with E-state index in [0.717, 1.165) is 19.6 Å². The van der Waals surface area contributed by atoms with Gasteiger partial charge in [0, 0.05) is 12.6 Å². The van der Waals surface area contributed by atoms with Crippen molar-refractivity contribution in [2.24, 2.45) is 0 Å². The SMILES string of the molecule is CCCCCN(CCCCC)CC(C)NC(=O)c1ccc(COc2ccccc2OC)o1. The van der Waals surface area contributed by atoms with E-state index in [-0.39, 0.29) is 18.6 Å². The van der Waals surface area contributed by atoms with E-state index in [9.17, 15) is 4.79 Å². The average molecular weight is 445 g/mol. The molecule has 0 aliphatic heterocycles. The van der Waals surface area contributed by atoms with Gasteiger partial charge in [-0.1, -0.05) is 51.7 Å². The minimum atomic E-state index is -0.192. The van der Waals surface area contributed by atoms with Gasteiger partial charge in [0.05, 0.1) is 7.11 Å². The second-order valence-electron chi connectivity index (χ2n) is 8.29. The fourth-order valence-electron chi connectivity index (χ4n) is 3.66. The highest BCUT2D eigenvalue weighted by atomic mass is 16.5. The molecule has 1 aromatic heterocycles. The predicted molar refractivity (Wildman–Crippen MR) is 128 cm³/mol. The van der Waals surface area contributed by atoms with Gasteiger partial charge < -0.3 is 24.1 Å². The summed E-state index contributed by atoms with van der Waals surface area (Å²) in [5.74, 6) is 2.00. The number of hydrogen-bond donors (Lipinski definition) is 1. The average Bonchev–Trinajstić information content (AvgIpc) is 3.27. The van der Waals surface area contributed by atoms with Gasteiger partial charge in [-0.2, -0.15) is 0 Å². The number of furan rings is 1. The molecule has 0 radical (unpaired) electrons. The lowest BCUT2D eigenvalue weighted by molar-refractivity contribution is 0.0896. The number of carbonyl (C=O) groups is 1. The number of nitrogens with zero attached hydrogens (tertiary/aromatic N) is 1. The van der Waals surface area contributed by atoms with Crippen molar-refractivity contribution in [1.29, 1.82) is 0 Å². The summed E-state index contributed by atoms with van der Waals surface area (Å²) >= 11 is 0. The number of rotatable bonds is 16. The highest BCUT2D eigenvalue weighted by molar-refractivity contribution is 5.91. The molecule has 1 N–H and O–H groups in total. The number of methoxy groups -OCH3 is 1. The smallest absolute Gasteiger partial charge is 0.287 e. The molecule has 2 rings (SSSR count). The summed E-state index contributed by atoms with van der Waals surface area (Å²) in [7, 11) is 1.60. The third kappa shape index (κ3) is 8.95. The predicted octanol–water partition coefficient (Wildman–Crippen LogP) is 5.67. The van der Waals surface area contributed by atoms with E-state index >= 15 is 0 Å². The summed E-state index contributed by atoms with van der Waals surface area (Å²) in [6, 6.07) is 11.0. The Kier molecular flexibility index (Phi) is 11.7. The van der Waals surface area contributed by atoms with Crippen molar-refractivity contribution in [3.8, 4) is 11.5 Å². The molecule has 0 aliphatic carbocycles. The van der Waals surface area contributed by atoms with Gasteiger partial charge in [0.2, 0.25) is 0 Å². The molecule has 0 saturated heterocycles. The van der Waals surface area contributed by atoms with Crippen LogP contribution in [0.5, 0.6) is 11.5 Å². The third-order valence-corrected chi connectivity index (χ3v) is 5.39. The lowest BCUT2D eigenvalue weighted by Gasteiger charge is -2.26. The molecular weight excluding hydrogens is 404 g/mol. The van der Waals surface area contributed by atoms with Crippen LogP contribution in [0.15, 0.2) is 40.8 Å². The fourth-order valence-corrected chi connectivity index (χ4v) is 3.66. The number of benzene rings is 1. The van der Waals surface area contributed by atoms with E-state index in [1.165, 1.54) is 38.5 Å². The van der Waals surface area contributed by atoms with Crippen LogP contribution in [-0.4, -0.2) is 43.6 Å². The van der Waals surface area contributed by atoms with Gasteiger partial charge in [0.15, 0.2) is 17.3 Å². The van der Waals surface area contributed by atoms with Crippen molar-refractivity contribution >= 4 is 5.91 Å². The van der Waals surface area contributed by atoms with Crippen LogP contribution >= 0.6 is 0 Å². The van der Waals surface area contributed by atoms with Crippen LogP contribution in [0.1, 0.15) is 75.6 Å². The molecule has 0 fully saturated rings. The minimum Gasteiger partial charge on any atom is -0.493 e. The first-order chi connectivity index (χ1) is 15.6. The lowest BCUT2D eigenvalue weighted by Crippen LogP contribution is -2.42. The van der Waals surface area contributed by atoms with Crippen LogP contribution in [0.2, 0.25) is 0 Å². The van der Waals surface area contributed by atoms with Crippen LogP contribution in [0.25, 0.3) is 0 Å². The molecule has 0 spiro atoms. The Labute approximate surface area is 193 Å². The van der Waals surface area contributed by atoms with Gasteiger partial charge in [-0.05, 0) is 57.1 Å². The zero-order valence-corrected chi connectivity index (χ0v) is 20.2. The van der Waals surface area contributed by atoms with Crippen LogP contribution < -0.4 is 14.8 Å². The van der Waals surface area contributed by atoms with Gasteiger partial charge >= 0.3 is 0 Å². The summed E-state index contributed by atoms with van der Waals surface area (Å²) in [6.07, 6.45) is 7.34. The molecule has 1 atom stereocenters. The van der Waals surface area contributed by atoms with Gasteiger partial charge in [0.25, 0.3) is 5.91 Å². The van der Waals surface area contributed by atoms with E-state index in [4.69, 9.17) is 13.9 Å². The van der Waals surface area contributed by atoms with Crippen molar-refractivity contribution in [2.45, 2.75) is 71.9 Å². The van der Waals surface area contributed by atoms with E-state index in [2.05, 4.69) is 31.0 Å². The number of amides is 1. The summed E-state index contributed by atoms with van der Waals surface area (Å²) in [4.78, 5) is 15.1. The number of carbonyl (C=O) groups excluding carboxylic acids is 1. The lowest BCUT2D eigenvalue weighted by atomic mass is 10.2. The van der Waals surface area contributed by atoms with Gasteiger partial charge in [0.1, 0.15) is 12.4 Å². The second kappa shape index (κ2) is 14.6. The Hall–Kier alpha value is -2.47. The molecular formula is C26H40N2O4. The Morgan fingerprint density at radius 3 is 2.28 bits per heavy atom. The Balaban J connectivity index is 1.84. The number of hydrogen-bond acceptors (Lipinski definition) is 5. The van der Waals surface area contributed by atoms with Crippen molar-refractivity contribution in [3.05, 3.63) is 47.9 Å². The summed E-state index contributed by atoms with van der Waals surface area (Å²) in [5.41, 5.74) is 0. The number of ether oxygens (including phenoxy) is 2. The number of unbranched alkanes of at least 4 members (excludes halogenated alkanes) is 4. The van der Waals surface area contributed by atoms with Crippen molar-refractivity contribution in [1.82, 2.24) is 10.2 Å². The highest BCUT2D eigenvalue weighted by Gasteiger charge is 2.17. The Bertz CT molecular complexity index is 780. The molecule has 0 aliphatic rings. The van der Waals surface area contributed by atoms with Crippen LogP contribution in [-0.2, 0) is 6.61 Å². The topological polar surface area (TPSA) is 63.9 Å². The normalized spacial score (nSPS) is 12.0. The molecule has 178 valence electrons. The molecule has 2 aromatic rings. The first-order valence-corrected chi connectivity index (χ1v) is 11.9. The van der Waals surface area contributed by atoms with Crippen molar-refractivity contribution in [3.63, 3.8) is 0 Å². The van der Waals surface area contributed by atoms with Gasteiger partial charge in [-0.3, -0.25) is 4.79 Å². The second-order valence-corrected chi connectivity index (χ2v) is 8.29. The molecule has 1 unspecified atom stereocenters. The van der Waals surface area contributed by atoms with E-state index in [1.807, 2.05) is 24.3 Å². The molecule has 6 heteroatoms. The molecule has 32 heavy (non-hydrogen) atoms. The quantitative estimate of drug-likeness (QED) is 0.338. The monoisotopic (exact) mass is 444 g/mol. The molecule has 6 nitrogen and oxygen atoms in total. The third-order valence-electron chi connectivity index (χ3n) is 5.39. The van der Waals surface area contributed by atoms with Gasteiger partial charge in [-0.25, -0.2) is 0 Å². The van der Waals surface area contributed by atoms with Crippen LogP contribution in [0, 0.1) is 0 Å². The molecule has 0 saturated carbocycles. The molecule has 1 aromatic carbocycles. The van der Waals surface area contributed by atoms with E-state index in [1.54, 1.807) is 19.2 Å². The zero-order valence-electron chi connectivity index (χ0n) is 20.2. The maximum absolute atomic E-state index is 12.7. The number of para-hydroxylation sites is 2. The highest BCUT2D eigenvalue weighted by Crippen LogP contribution is 2.26. The molecule has 1 heterocycles. The first kappa shape index (κ1) is 25.8. The molecule has 1 amide bonds. The van der Waals surface area contributed by atoms with Crippen LogP contribution in [0.4, 0.5) is 0 Å². The molecule has 0 bridgehead atoms. The van der Waals surface area contributed by atoms with Crippen LogP contribution in [0.3, 0.4) is 0 Å². The van der Waals surface area contributed by atoms with Crippen molar-refractivity contribution in [2.75, 3.05) is 26.7 Å². The Morgan fingerprint density at radius 1 is 1.00 bits per heavy atom.